The Labute approximate surface area is 86.9 Å². The molecule has 0 bridgehead atoms. The van der Waals surface area contributed by atoms with Gasteiger partial charge in [-0.2, -0.15) is 0 Å². The minimum absolute atomic E-state index is 1.02. The lowest BCUT2D eigenvalue weighted by Crippen LogP contribution is -2.28. The van der Waals surface area contributed by atoms with Gasteiger partial charge in [-0.15, -0.1) is 0 Å². The number of hydrogen-bond donors (Lipinski definition) is 1. The Morgan fingerprint density at radius 2 is 1.79 bits per heavy atom. The zero-order valence-electron chi connectivity index (χ0n) is 9.59. The Hall–Kier alpha value is -1.02. The monoisotopic (exact) mass is 192 g/mol. The number of nitrogens with zero attached hydrogens (tertiary/aromatic N) is 1. The first-order valence-electron chi connectivity index (χ1n) is 5.08. The second-order valence-corrected chi connectivity index (χ2v) is 3.77. The van der Waals surface area contributed by atoms with Gasteiger partial charge in [-0.3, -0.25) is 0 Å². The minimum Gasteiger partial charge on any atom is -0.373 e. The summed E-state index contributed by atoms with van der Waals surface area (Å²) in [4.78, 5) is 2.31. The van der Waals surface area contributed by atoms with Gasteiger partial charge in [-0.1, -0.05) is 18.2 Å². The third-order valence-electron chi connectivity index (χ3n) is 2.52. The average molecular weight is 192 g/mol. The highest BCUT2D eigenvalue weighted by atomic mass is 15.1. The molecule has 0 aromatic heterocycles. The number of aryl methyl sites for hydroxylation is 2. The van der Waals surface area contributed by atoms with Crippen molar-refractivity contribution in [1.82, 2.24) is 5.32 Å². The average Bonchev–Trinajstić information content (AvgIpc) is 2.14. The summed E-state index contributed by atoms with van der Waals surface area (Å²) in [5, 5.41) is 3.17. The fourth-order valence-electron chi connectivity index (χ4n) is 1.80. The van der Waals surface area contributed by atoms with Gasteiger partial charge in [-0.25, -0.2) is 0 Å². The van der Waals surface area contributed by atoms with E-state index in [0.717, 1.165) is 13.1 Å². The molecule has 0 fully saturated rings. The first kappa shape index (κ1) is 11.1. The standard InChI is InChI=1S/C12H20N2/c1-10-6-5-7-11(2)12(10)14(4)9-8-13-3/h5-7,13H,8-9H2,1-4H3. The second kappa shape index (κ2) is 5.01. The van der Waals surface area contributed by atoms with Crippen LogP contribution in [0.4, 0.5) is 5.69 Å². The number of hydrogen-bond acceptors (Lipinski definition) is 2. The van der Waals surface area contributed by atoms with Crippen LogP contribution in [0.5, 0.6) is 0 Å². The zero-order valence-corrected chi connectivity index (χ0v) is 9.59. The number of anilines is 1. The lowest BCUT2D eigenvalue weighted by Gasteiger charge is -2.23. The largest absolute Gasteiger partial charge is 0.373 e. The maximum atomic E-state index is 3.17. The van der Waals surface area contributed by atoms with Crippen LogP contribution in [0.15, 0.2) is 18.2 Å². The molecule has 14 heavy (non-hydrogen) atoms. The number of rotatable bonds is 4. The van der Waals surface area contributed by atoms with Gasteiger partial charge in [0.2, 0.25) is 0 Å². The predicted octanol–water partition coefficient (Wildman–Crippen LogP) is 1.96. The molecule has 1 aromatic carbocycles. The van der Waals surface area contributed by atoms with Gasteiger partial charge in [-0.05, 0) is 32.0 Å². The summed E-state index contributed by atoms with van der Waals surface area (Å²) in [7, 11) is 4.13. The van der Waals surface area contributed by atoms with Crippen LogP contribution in [0.3, 0.4) is 0 Å². The van der Waals surface area contributed by atoms with Crippen LogP contribution >= 0.6 is 0 Å². The summed E-state index contributed by atoms with van der Waals surface area (Å²) in [5.74, 6) is 0. The van der Waals surface area contributed by atoms with E-state index in [1.165, 1.54) is 16.8 Å². The van der Waals surface area contributed by atoms with Crippen LogP contribution in [0.25, 0.3) is 0 Å². The lowest BCUT2D eigenvalue weighted by atomic mass is 10.1. The summed E-state index contributed by atoms with van der Waals surface area (Å²) in [5.41, 5.74) is 4.06. The third kappa shape index (κ3) is 2.48. The molecule has 0 aliphatic carbocycles. The van der Waals surface area contributed by atoms with Crippen molar-refractivity contribution in [3.8, 4) is 0 Å². The summed E-state index contributed by atoms with van der Waals surface area (Å²) in [6, 6.07) is 6.44. The molecule has 0 spiro atoms. The highest BCUT2D eigenvalue weighted by molar-refractivity contribution is 5.58. The van der Waals surface area contributed by atoms with E-state index in [2.05, 4.69) is 49.3 Å². The smallest absolute Gasteiger partial charge is 0.0423 e. The summed E-state index contributed by atoms with van der Waals surface area (Å²) >= 11 is 0. The molecule has 0 amide bonds. The van der Waals surface area contributed by atoms with Gasteiger partial charge < -0.3 is 10.2 Å². The van der Waals surface area contributed by atoms with E-state index in [9.17, 15) is 0 Å². The molecule has 0 atom stereocenters. The molecule has 0 saturated heterocycles. The van der Waals surface area contributed by atoms with E-state index >= 15 is 0 Å². The van der Waals surface area contributed by atoms with Crippen molar-refractivity contribution in [3.05, 3.63) is 29.3 Å². The molecular weight excluding hydrogens is 172 g/mol. The van der Waals surface area contributed by atoms with Crippen molar-refractivity contribution in [2.24, 2.45) is 0 Å². The Morgan fingerprint density at radius 3 is 2.29 bits per heavy atom. The summed E-state index contributed by atoms with van der Waals surface area (Å²) < 4.78 is 0. The van der Waals surface area contributed by atoms with Crippen molar-refractivity contribution < 1.29 is 0 Å². The molecule has 2 nitrogen and oxygen atoms in total. The first-order chi connectivity index (χ1) is 6.66. The van der Waals surface area contributed by atoms with Crippen LogP contribution in [-0.2, 0) is 0 Å². The molecule has 0 heterocycles. The highest BCUT2D eigenvalue weighted by Crippen LogP contribution is 2.22. The fraction of sp³-hybridized carbons (Fsp3) is 0.500. The quantitative estimate of drug-likeness (QED) is 0.784. The van der Waals surface area contributed by atoms with Gasteiger partial charge in [0.1, 0.15) is 0 Å². The van der Waals surface area contributed by atoms with Gasteiger partial charge >= 0.3 is 0 Å². The topological polar surface area (TPSA) is 15.3 Å². The molecule has 78 valence electrons. The van der Waals surface area contributed by atoms with E-state index in [0.29, 0.717) is 0 Å². The Bertz CT molecular complexity index is 274. The van der Waals surface area contributed by atoms with E-state index in [1.54, 1.807) is 0 Å². The van der Waals surface area contributed by atoms with Gasteiger partial charge in [0.15, 0.2) is 0 Å². The van der Waals surface area contributed by atoms with Gasteiger partial charge in [0.05, 0.1) is 0 Å². The molecule has 0 unspecified atom stereocenters. The van der Waals surface area contributed by atoms with E-state index in [-0.39, 0.29) is 0 Å². The molecule has 0 saturated carbocycles. The molecule has 1 aromatic rings. The lowest BCUT2D eigenvalue weighted by molar-refractivity contribution is 0.765. The number of nitrogens with one attached hydrogen (secondary N) is 1. The maximum Gasteiger partial charge on any atom is 0.0423 e. The maximum absolute atomic E-state index is 3.17. The molecule has 0 aliphatic heterocycles. The van der Waals surface area contributed by atoms with Crippen LogP contribution in [0.2, 0.25) is 0 Å². The van der Waals surface area contributed by atoms with E-state index in [4.69, 9.17) is 0 Å². The van der Waals surface area contributed by atoms with Crippen LogP contribution in [-0.4, -0.2) is 27.2 Å². The number of likely N-dealkylation sites (N-methyl/N-ethyl adjacent to an activating group) is 2. The van der Waals surface area contributed by atoms with Crippen LogP contribution in [0, 0.1) is 13.8 Å². The molecule has 2 heteroatoms. The van der Waals surface area contributed by atoms with Crippen molar-refractivity contribution in [2.75, 3.05) is 32.1 Å². The Kier molecular flexibility index (Phi) is 3.96. The molecule has 1 rings (SSSR count). The Morgan fingerprint density at radius 1 is 1.21 bits per heavy atom. The fourth-order valence-corrected chi connectivity index (χ4v) is 1.80. The third-order valence-corrected chi connectivity index (χ3v) is 2.52. The summed E-state index contributed by atoms with van der Waals surface area (Å²) in [6.07, 6.45) is 0. The van der Waals surface area contributed by atoms with Crippen molar-refractivity contribution in [3.63, 3.8) is 0 Å². The number of para-hydroxylation sites is 1. The normalized spacial score (nSPS) is 10.3. The molecular formula is C12H20N2. The SMILES string of the molecule is CNCCN(C)c1c(C)cccc1C. The van der Waals surface area contributed by atoms with Crippen molar-refractivity contribution >= 4 is 5.69 Å². The molecule has 0 aliphatic rings. The van der Waals surface area contributed by atoms with Crippen molar-refractivity contribution in [1.29, 1.82) is 0 Å². The molecule has 0 radical (unpaired) electrons. The summed E-state index contributed by atoms with van der Waals surface area (Å²) in [6.45, 7) is 6.39. The van der Waals surface area contributed by atoms with E-state index < -0.39 is 0 Å². The molecule has 1 N–H and O–H groups in total. The Balaban J connectivity index is 2.82. The van der Waals surface area contributed by atoms with Crippen LogP contribution < -0.4 is 10.2 Å². The van der Waals surface area contributed by atoms with Gasteiger partial charge in [0, 0.05) is 25.8 Å². The van der Waals surface area contributed by atoms with E-state index in [1.807, 2.05) is 7.05 Å². The first-order valence-corrected chi connectivity index (χ1v) is 5.08. The minimum atomic E-state index is 1.02. The zero-order chi connectivity index (χ0) is 10.6. The predicted molar refractivity (Wildman–Crippen MR) is 63.1 cm³/mol. The van der Waals surface area contributed by atoms with Gasteiger partial charge in [0.25, 0.3) is 0 Å². The van der Waals surface area contributed by atoms with Crippen LogP contribution in [0.1, 0.15) is 11.1 Å². The second-order valence-electron chi connectivity index (χ2n) is 3.77. The number of benzene rings is 1. The van der Waals surface area contributed by atoms with Crippen molar-refractivity contribution in [2.45, 2.75) is 13.8 Å². The highest BCUT2D eigenvalue weighted by Gasteiger charge is 2.06.